The van der Waals surface area contributed by atoms with Gasteiger partial charge in [0, 0.05) is 11.8 Å². The van der Waals surface area contributed by atoms with E-state index in [0.29, 0.717) is 0 Å². The number of carbonyl (C=O) groups is 2. The van der Waals surface area contributed by atoms with E-state index in [-0.39, 0.29) is 12.8 Å². The lowest BCUT2D eigenvalue weighted by molar-refractivity contribution is -0.149. The molecular formula is C8H10FNO4. The maximum absolute atomic E-state index is 13.6. The van der Waals surface area contributed by atoms with E-state index in [1.54, 1.807) is 0 Å². The number of rotatable bonds is 2. The lowest BCUT2D eigenvalue weighted by atomic mass is 9.91. The number of fused-ring (bicyclic) bond motifs is 1. The van der Waals surface area contributed by atoms with Crippen molar-refractivity contribution in [1.29, 1.82) is 0 Å². The van der Waals surface area contributed by atoms with Crippen LogP contribution in [0.15, 0.2) is 0 Å². The molecule has 0 amide bonds. The highest BCUT2D eigenvalue weighted by atomic mass is 19.1. The fourth-order valence-electron chi connectivity index (χ4n) is 2.62. The van der Waals surface area contributed by atoms with Crippen molar-refractivity contribution in [2.24, 2.45) is 17.6 Å². The van der Waals surface area contributed by atoms with E-state index in [4.69, 9.17) is 15.9 Å². The smallest absolute Gasteiger partial charge is 0.342 e. The Bertz CT molecular complexity index is 333. The Morgan fingerprint density at radius 3 is 2.29 bits per heavy atom. The summed E-state index contributed by atoms with van der Waals surface area (Å²) in [6.45, 7) is 0. The van der Waals surface area contributed by atoms with Gasteiger partial charge in [-0.3, -0.25) is 4.79 Å². The van der Waals surface area contributed by atoms with Gasteiger partial charge in [-0.2, -0.15) is 0 Å². The largest absolute Gasteiger partial charge is 0.480 e. The van der Waals surface area contributed by atoms with Crippen LogP contribution in [0, 0.1) is 11.8 Å². The van der Waals surface area contributed by atoms with Crippen LogP contribution in [0.3, 0.4) is 0 Å². The molecule has 2 rings (SSSR count). The van der Waals surface area contributed by atoms with Crippen LogP contribution in [0.2, 0.25) is 0 Å². The first-order chi connectivity index (χ1) is 6.35. The lowest BCUT2D eigenvalue weighted by Gasteiger charge is -2.22. The van der Waals surface area contributed by atoms with Crippen molar-refractivity contribution in [1.82, 2.24) is 0 Å². The molecule has 0 aromatic heterocycles. The molecule has 4 N–H and O–H groups in total. The lowest BCUT2D eigenvalue weighted by Crippen LogP contribution is -2.51. The number of carboxylic acid groups (broad SMARTS) is 2. The average molecular weight is 203 g/mol. The van der Waals surface area contributed by atoms with Gasteiger partial charge in [0.05, 0.1) is 0 Å². The molecule has 2 saturated carbocycles. The maximum atomic E-state index is 13.6. The second-order valence-corrected chi connectivity index (χ2v) is 4.04. The van der Waals surface area contributed by atoms with Crippen LogP contribution in [-0.4, -0.2) is 33.4 Å². The molecule has 0 aromatic carbocycles. The van der Waals surface area contributed by atoms with Crippen LogP contribution in [0.1, 0.15) is 12.8 Å². The minimum atomic E-state index is -2.41. The molecule has 2 fully saturated rings. The first-order valence-corrected chi connectivity index (χ1v) is 4.29. The van der Waals surface area contributed by atoms with E-state index >= 15 is 0 Å². The second kappa shape index (κ2) is 2.25. The van der Waals surface area contributed by atoms with Gasteiger partial charge in [-0.1, -0.05) is 0 Å². The highest BCUT2D eigenvalue weighted by Gasteiger charge is 2.82. The van der Waals surface area contributed by atoms with E-state index in [2.05, 4.69) is 0 Å². The Balaban J connectivity index is 2.31. The van der Waals surface area contributed by atoms with Gasteiger partial charge in [0.1, 0.15) is 5.54 Å². The third kappa shape index (κ3) is 0.771. The summed E-state index contributed by atoms with van der Waals surface area (Å²) < 4.78 is 13.6. The van der Waals surface area contributed by atoms with Crippen molar-refractivity contribution < 1.29 is 24.2 Å². The molecule has 6 heteroatoms. The number of hydrogen-bond acceptors (Lipinski definition) is 3. The van der Waals surface area contributed by atoms with Gasteiger partial charge >= 0.3 is 11.9 Å². The Morgan fingerprint density at radius 2 is 1.93 bits per heavy atom. The van der Waals surface area contributed by atoms with Gasteiger partial charge < -0.3 is 15.9 Å². The van der Waals surface area contributed by atoms with Crippen molar-refractivity contribution in [2.75, 3.05) is 0 Å². The van der Waals surface area contributed by atoms with Crippen LogP contribution in [0.5, 0.6) is 0 Å². The number of carboxylic acids is 2. The summed E-state index contributed by atoms with van der Waals surface area (Å²) in [4.78, 5) is 21.4. The van der Waals surface area contributed by atoms with Crippen LogP contribution in [0.4, 0.5) is 4.39 Å². The highest BCUT2D eigenvalue weighted by molar-refractivity contribution is 5.89. The summed E-state index contributed by atoms with van der Waals surface area (Å²) >= 11 is 0. The number of alkyl halides is 1. The van der Waals surface area contributed by atoms with Crippen LogP contribution in [0.25, 0.3) is 0 Å². The number of aliphatic carboxylic acids is 2. The minimum Gasteiger partial charge on any atom is -0.480 e. The number of nitrogens with two attached hydrogens (primary N) is 1. The molecule has 78 valence electrons. The van der Waals surface area contributed by atoms with Gasteiger partial charge in [-0.05, 0) is 12.8 Å². The summed E-state index contributed by atoms with van der Waals surface area (Å²) in [6, 6.07) is 0. The van der Waals surface area contributed by atoms with Crippen molar-refractivity contribution in [3.05, 3.63) is 0 Å². The summed E-state index contributed by atoms with van der Waals surface area (Å²) in [5.74, 6) is -4.69. The van der Waals surface area contributed by atoms with E-state index in [0.717, 1.165) is 0 Å². The molecule has 0 aliphatic heterocycles. The second-order valence-electron chi connectivity index (χ2n) is 4.04. The molecule has 4 atom stereocenters. The van der Waals surface area contributed by atoms with Crippen molar-refractivity contribution in [3.63, 3.8) is 0 Å². The SMILES string of the molecule is N[C@@]1(C(=O)O)CC[C@@H]2[C@@H]1[C@@]2(F)C(=O)O. The Labute approximate surface area is 78.7 Å². The molecule has 0 saturated heterocycles. The number of hydrogen-bond donors (Lipinski definition) is 3. The molecule has 0 unspecified atom stereocenters. The monoisotopic (exact) mass is 203 g/mol. The van der Waals surface area contributed by atoms with Crippen molar-refractivity contribution in [3.8, 4) is 0 Å². The van der Waals surface area contributed by atoms with Gasteiger partial charge in [-0.15, -0.1) is 0 Å². The Hall–Kier alpha value is -1.17. The first-order valence-electron chi connectivity index (χ1n) is 4.29. The van der Waals surface area contributed by atoms with Crippen molar-refractivity contribution in [2.45, 2.75) is 24.0 Å². The molecule has 14 heavy (non-hydrogen) atoms. The Morgan fingerprint density at radius 1 is 1.36 bits per heavy atom. The standard InChI is InChI=1S/C8H10FNO4/c9-8(6(13)14)3-1-2-7(10,4(3)8)5(11)12/h3-4H,1-2,10H2,(H,11,12)(H,13,14)/t3-,4+,7+,8-/m1/s1. The zero-order valence-corrected chi connectivity index (χ0v) is 7.24. The van der Waals surface area contributed by atoms with Crippen LogP contribution in [-0.2, 0) is 9.59 Å². The topological polar surface area (TPSA) is 101 Å². The molecule has 0 radical (unpaired) electrons. The molecular weight excluding hydrogens is 193 g/mol. The van der Waals surface area contributed by atoms with Gasteiger partial charge in [-0.25, -0.2) is 9.18 Å². The zero-order chi connectivity index (χ0) is 10.7. The predicted molar refractivity (Wildman–Crippen MR) is 42.2 cm³/mol. The minimum absolute atomic E-state index is 0.149. The summed E-state index contributed by atoms with van der Waals surface area (Å²) in [7, 11) is 0. The van der Waals surface area contributed by atoms with Gasteiger partial charge in [0.2, 0.25) is 5.67 Å². The average Bonchev–Trinajstić information content (AvgIpc) is 2.50. The van der Waals surface area contributed by atoms with E-state index < -0.39 is 35.0 Å². The zero-order valence-electron chi connectivity index (χ0n) is 7.24. The summed E-state index contributed by atoms with van der Waals surface area (Å²) in [5, 5.41) is 17.4. The van der Waals surface area contributed by atoms with E-state index in [1.165, 1.54) is 0 Å². The van der Waals surface area contributed by atoms with Crippen LogP contribution >= 0.6 is 0 Å². The maximum Gasteiger partial charge on any atom is 0.342 e. The number of halogens is 1. The fraction of sp³-hybridized carbons (Fsp3) is 0.750. The summed E-state index contributed by atoms with van der Waals surface area (Å²) in [5.41, 5.74) is 1.39. The summed E-state index contributed by atoms with van der Waals surface area (Å²) in [6.07, 6.45) is 0.382. The van der Waals surface area contributed by atoms with E-state index in [1.807, 2.05) is 0 Å². The third-order valence-electron chi connectivity index (χ3n) is 3.44. The fourth-order valence-corrected chi connectivity index (χ4v) is 2.62. The van der Waals surface area contributed by atoms with Crippen molar-refractivity contribution >= 4 is 11.9 Å². The first kappa shape index (κ1) is 9.39. The highest BCUT2D eigenvalue weighted by Crippen LogP contribution is 2.66. The third-order valence-corrected chi connectivity index (χ3v) is 3.44. The van der Waals surface area contributed by atoms with Gasteiger partial charge in [0.25, 0.3) is 0 Å². The predicted octanol–water partition coefficient (Wildman–Crippen LogP) is -0.399. The molecule has 0 spiro atoms. The van der Waals surface area contributed by atoms with E-state index in [9.17, 15) is 14.0 Å². The van der Waals surface area contributed by atoms with Crippen LogP contribution < -0.4 is 5.73 Å². The molecule has 0 bridgehead atoms. The molecule has 0 aromatic rings. The van der Waals surface area contributed by atoms with Gasteiger partial charge in [0.15, 0.2) is 0 Å². The molecule has 0 heterocycles. The molecule has 2 aliphatic carbocycles. The molecule has 2 aliphatic rings. The Kier molecular flexibility index (Phi) is 1.51. The quantitative estimate of drug-likeness (QED) is 0.567. The molecule has 5 nitrogen and oxygen atoms in total. The normalized spacial score (nSPS) is 49.9.